The Kier molecular flexibility index (Phi) is 6.91. The Labute approximate surface area is 182 Å². The first-order valence-corrected chi connectivity index (χ1v) is 9.67. The molecule has 1 aliphatic heterocycles. The lowest BCUT2D eigenvalue weighted by molar-refractivity contribution is -0.139. The van der Waals surface area contributed by atoms with Crippen LogP contribution in [0.1, 0.15) is 28.9 Å². The van der Waals surface area contributed by atoms with E-state index in [1.54, 1.807) is 31.2 Å². The maximum atomic E-state index is 12.7. The van der Waals surface area contributed by atoms with Crippen LogP contribution in [0.15, 0.2) is 53.9 Å². The van der Waals surface area contributed by atoms with Gasteiger partial charge in [0, 0.05) is 11.2 Å². The van der Waals surface area contributed by atoms with E-state index in [0.717, 1.165) is 0 Å². The summed E-state index contributed by atoms with van der Waals surface area (Å²) >= 11 is 11.8. The fourth-order valence-corrected chi connectivity index (χ4v) is 3.16. The van der Waals surface area contributed by atoms with Crippen molar-refractivity contribution in [2.75, 3.05) is 13.2 Å². The van der Waals surface area contributed by atoms with Crippen LogP contribution < -0.4 is 10.6 Å². The monoisotopic (exact) mass is 449 g/mol. The van der Waals surface area contributed by atoms with Gasteiger partial charge in [-0.2, -0.15) is 0 Å². The van der Waals surface area contributed by atoms with Crippen LogP contribution in [0, 0.1) is 0 Å². The molecule has 0 saturated heterocycles. The first-order chi connectivity index (χ1) is 14.4. The number of pyridine rings is 1. The van der Waals surface area contributed by atoms with E-state index in [9.17, 15) is 14.4 Å². The first kappa shape index (κ1) is 21.6. The van der Waals surface area contributed by atoms with Crippen molar-refractivity contribution in [3.05, 3.63) is 75.2 Å². The summed E-state index contributed by atoms with van der Waals surface area (Å²) in [6.07, 6.45) is 1.43. The quantitative estimate of drug-likeness (QED) is 0.516. The molecule has 0 aliphatic carbocycles. The highest BCUT2D eigenvalue weighted by molar-refractivity contribution is 6.32. The van der Waals surface area contributed by atoms with Crippen molar-refractivity contribution in [3.8, 4) is 0 Å². The molecule has 1 unspecified atom stereocenters. The van der Waals surface area contributed by atoms with Crippen molar-refractivity contribution in [2.24, 2.45) is 0 Å². The molecule has 0 saturated carbocycles. The van der Waals surface area contributed by atoms with E-state index in [-0.39, 0.29) is 35.2 Å². The van der Waals surface area contributed by atoms with Crippen LogP contribution in [0.25, 0.3) is 0 Å². The molecule has 0 radical (unpaired) electrons. The summed E-state index contributed by atoms with van der Waals surface area (Å²) in [6.45, 7) is 1.41. The maximum Gasteiger partial charge on any atom is 0.341 e. The summed E-state index contributed by atoms with van der Waals surface area (Å²) < 4.78 is 10.4. The average molecular weight is 450 g/mol. The van der Waals surface area contributed by atoms with Gasteiger partial charge in [0.15, 0.2) is 0 Å². The molecule has 3 rings (SSSR count). The fraction of sp³-hybridized carbons (Fsp3) is 0.200. The molecular weight excluding hydrogens is 433 g/mol. The smallest absolute Gasteiger partial charge is 0.341 e. The third-order valence-corrected chi connectivity index (χ3v) is 4.73. The highest BCUT2D eigenvalue weighted by Crippen LogP contribution is 2.29. The Balaban J connectivity index is 1.93. The number of nitrogens with zero attached hydrogens (tertiary/aromatic N) is 1. The standard InChI is InChI=1S/C20H17Cl2N3O5/c1-2-29-19(27)15-14(10-30-18(26)13-4-3-9-23-17(13)22)24-20(28)25-16(15)11-5-7-12(21)8-6-11/h3-9,16H,2,10H2,1H3,(H2,24,25,28). The van der Waals surface area contributed by atoms with E-state index >= 15 is 0 Å². The van der Waals surface area contributed by atoms with Gasteiger partial charge in [-0.15, -0.1) is 0 Å². The van der Waals surface area contributed by atoms with Gasteiger partial charge < -0.3 is 20.1 Å². The van der Waals surface area contributed by atoms with Gasteiger partial charge in [-0.25, -0.2) is 19.4 Å². The zero-order valence-electron chi connectivity index (χ0n) is 15.8. The van der Waals surface area contributed by atoms with E-state index in [1.807, 2.05) is 0 Å². The minimum absolute atomic E-state index is 0.0181. The molecule has 2 amide bonds. The number of halogens is 2. The Hall–Kier alpha value is -3.10. The van der Waals surface area contributed by atoms with Crippen LogP contribution in [0.4, 0.5) is 4.79 Å². The van der Waals surface area contributed by atoms with E-state index in [4.69, 9.17) is 32.7 Å². The highest BCUT2D eigenvalue weighted by Gasteiger charge is 2.34. The second kappa shape index (κ2) is 9.60. The molecule has 2 N–H and O–H groups in total. The number of benzene rings is 1. The number of hydrogen-bond donors (Lipinski definition) is 2. The molecule has 1 atom stereocenters. The van der Waals surface area contributed by atoms with Gasteiger partial charge in [0.2, 0.25) is 0 Å². The highest BCUT2D eigenvalue weighted by atomic mass is 35.5. The minimum Gasteiger partial charge on any atom is -0.463 e. The maximum absolute atomic E-state index is 12.7. The molecule has 30 heavy (non-hydrogen) atoms. The molecule has 156 valence electrons. The van der Waals surface area contributed by atoms with Gasteiger partial charge in [-0.1, -0.05) is 35.3 Å². The van der Waals surface area contributed by atoms with Gasteiger partial charge >= 0.3 is 18.0 Å². The van der Waals surface area contributed by atoms with Crippen LogP contribution >= 0.6 is 23.2 Å². The number of rotatable bonds is 6. The lowest BCUT2D eigenvalue weighted by atomic mass is 9.95. The predicted octanol–water partition coefficient (Wildman–Crippen LogP) is 3.42. The van der Waals surface area contributed by atoms with Crippen LogP contribution in [0.5, 0.6) is 0 Å². The Morgan fingerprint density at radius 3 is 2.50 bits per heavy atom. The van der Waals surface area contributed by atoms with Crippen molar-refractivity contribution in [2.45, 2.75) is 13.0 Å². The van der Waals surface area contributed by atoms with E-state index in [1.165, 1.54) is 18.3 Å². The number of aromatic nitrogens is 1. The SMILES string of the molecule is CCOC(=O)C1=C(COC(=O)c2cccnc2Cl)NC(=O)NC1c1ccc(Cl)cc1. The molecule has 0 bridgehead atoms. The third-order valence-electron chi connectivity index (χ3n) is 4.18. The Morgan fingerprint density at radius 1 is 1.10 bits per heavy atom. The largest absolute Gasteiger partial charge is 0.463 e. The predicted molar refractivity (Wildman–Crippen MR) is 109 cm³/mol. The second-order valence-corrected chi connectivity index (χ2v) is 6.91. The van der Waals surface area contributed by atoms with Crippen molar-refractivity contribution in [3.63, 3.8) is 0 Å². The number of carbonyl (C=O) groups excluding carboxylic acids is 3. The number of urea groups is 1. The van der Waals surface area contributed by atoms with Crippen molar-refractivity contribution in [1.82, 2.24) is 15.6 Å². The number of amides is 2. The number of carbonyl (C=O) groups is 3. The van der Waals surface area contributed by atoms with Gasteiger partial charge in [-0.05, 0) is 36.8 Å². The summed E-state index contributed by atoms with van der Waals surface area (Å²) in [7, 11) is 0. The fourth-order valence-electron chi connectivity index (χ4n) is 2.84. The van der Waals surface area contributed by atoms with E-state index in [2.05, 4.69) is 15.6 Å². The Morgan fingerprint density at radius 2 is 1.83 bits per heavy atom. The van der Waals surface area contributed by atoms with Crippen LogP contribution in [-0.2, 0) is 14.3 Å². The summed E-state index contributed by atoms with van der Waals surface area (Å²) in [5, 5.41) is 5.68. The number of ether oxygens (including phenoxy) is 2. The van der Waals surface area contributed by atoms with Gasteiger partial charge in [-0.3, -0.25) is 0 Å². The van der Waals surface area contributed by atoms with E-state index in [0.29, 0.717) is 10.6 Å². The molecule has 0 fully saturated rings. The summed E-state index contributed by atoms with van der Waals surface area (Å²) in [5.74, 6) is -1.41. The zero-order valence-corrected chi connectivity index (χ0v) is 17.3. The topological polar surface area (TPSA) is 107 Å². The Bertz CT molecular complexity index is 1010. The summed E-state index contributed by atoms with van der Waals surface area (Å²) in [5.41, 5.74) is 0.887. The number of hydrogen-bond acceptors (Lipinski definition) is 6. The van der Waals surface area contributed by atoms with E-state index < -0.39 is 24.0 Å². The molecule has 8 nitrogen and oxygen atoms in total. The van der Waals surface area contributed by atoms with Gasteiger partial charge in [0.05, 0.1) is 29.5 Å². The molecule has 0 spiro atoms. The van der Waals surface area contributed by atoms with Crippen molar-refractivity contribution >= 4 is 41.2 Å². The van der Waals surface area contributed by atoms with Gasteiger partial charge in [0.25, 0.3) is 0 Å². The van der Waals surface area contributed by atoms with Gasteiger partial charge in [0.1, 0.15) is 11.8 Å². The number of esters is 2. The van der Waals surface area contributed by atoms with Crippen molar-refractivity contribution < 1.29 is 23.9 Å². The molecule has 10 heteroatoms. The summed E-state index contributed by atoms with van der Waals surface area (Å²) in [6, 6.07) is 8.24. The van der Waals surface area contributed by atoms with Crippen LogP contribution in [-0.4, -0.2) is 36.2 Å². The minimum atomic E-state index is -0.814. The first-order valence-electron chi connectivity index (χ1n) is 8.91. The lowest BCUT2D eigenvalue weighted by Gasteiger charge is -2.29. The normalized spacial score (nSPS) is 15.8. The third kappa shape index (κ3) is 4.90. The lowest BCUT2D eigenvalue weighted by Crippen LogP contribution is -2.47. The van der Waals surface area contributed by atoms with Crippen molar-refractivity contribution in [1.29, 1.82) is 0 Å². The molecule has 2 heterocycles. The average Bonchev–Trinajstić information content (AvgIpc) is 2.72. The summed E-state index contributed by atoms with van der Waals surface area (Å²) in [4.78, 5) is 41.1. The number of nitrogens with one attached hydrogen (secondary N) is 2. The molecule has 1 aliphatic rings. The molecule has 1 aromatic carbocycles. The molecule has 1 aromatic heterocycles. The second-order valence-electron chi connectivity index (χ2n) is 6.11. The molecule has 2 aromatic rings. The zero-order chi connectivity index (χ0) is 21.7. The van der Waals surface area contributed by atoms with Crippen LogP contribution in [0.2, 0.25) is 10.2 Å². The van der Waals surface area contributed by atoms with Crippen LogP contribution in [0.3, 0.4) is 0 Å². The molecular formula is C20H17Cl2N3O5.